The molecule has 0 bridgehead atoms. The molecule has 16 heteroatoms. The maximum atomic E-state index is 10.9. The van der Waals surface area contributed by atoms with Crippen molar-refractivity contribution in [2.24, 2.45) is 106 Å². The van der Waals surface area contributed by atoms with Gasteiger partial charge in [0.1, 0.15) is 41.3 Å². The minimum atomic E-state index is -0.215. The van der Waals surface area contributed by atoms with Crippen LogP contribution < -0.4 is 11.1 Å². The van der Waals surface area contributed by atoms with Crippen LogP contribution in [0.4, 0.5) is 0 Å². The number of carbonyl (C=O) groups is 11. The average Bonchev–Trinajstić information content (AvgIpc) is 0.965. The summed E-state index contributed by atoms with van der Waals surface area (Å²) < 4.78 is 14.2. The second-order valence-corrected chi connectivity index (χ2v) is 39.9. The van der Waals surface area contributed by atoms with Crippen molar-refractivity contribution in [1.29, 1.82) is 0 Å². The molecule has 0 heterocycles. The van der Waals surface area contributed by atoms with Crippen molar-refractivity contribution in [1.82, 2.24) is 5.32 Å². The number of ether oxygens (including phenoxy) is 3. The van der Waals surface area contributed by atoms with E-state index in [1.54, 1.807) is 53.7 Å². The fourth-order valence-corrected chi connectivity index (χ4v) is 9.62. The molecule has 1 aromatic rings. The Hall–Kier alpha value is -7.07. The summed E-state index contributed by atoms with van der Waals surface area (Å²) >= 11 is 0. The number of Topliss-reactive ketones (excluding diaryl/α,β-unsaturated/α-hetero) is 6. The summed E-state index contributed by atoms with van der Waals surface area (Å²) in [5.74, 6) is 15.1. The normalized spacial score (nSPS) is 9.30. The first-order valence-corrected chi connectivity index (χ1v) is 47.3. The molecule has 0 fully saturated rings. The Kier molecular flexibility index (Phi) is 183. The summed E-state index contributed by atoms with van der Waals surface area (Å²) in [6, 6.07) is 10.7. The molecule has 0 saturated carbocycles. The topological polar surface area (TPSA) is 254 Å². The van der Waals surface area contributed by atoms with Crippen LogP contribution in [0.25, 0.3) is 0 Å². The smallest absolute Gasteiger partial charge is 0.307 e. The molecule has 0 aliphatic carbocycles. The molecule has 2 amide bonds. The quantitative estimate of drug-likeness (QED) is 0.0270. The first-order chi connectivity index (χ1) is 57.6. The predicted molar refractivity (Wildman–Crippen MR) is 596 cm³/mol. The predicted octanol–water partition coefficient (Wildman–Crippen LogP) is 33.7. The summed E-state index contributed by atoms with van der Waals surface area (Å²) in [6.07, 6.45) is 31.5. The first kappa shape index (κ1) is 182. The van der Waals surface area contributed by atoms with Crippen molar-refractivity contribution < 1.29 is 67.0 Å². The number of carbonyl (C=O) groups excluding carboxylic acids is 11. The lowest BCUT2D eigenvalue weighted by atomic mass is 9.86. The molecule has 0 aliphatic heterocycles. The SMILES string of the molecule is C.C.C.C.C.C.C.C#CCC(C)C.C#CCOC(=O)CC(C)C.C=CCC(C)C.C=CCNC(=O)CC(C)C.C=CCOC(=O)CC(C)C.CC(=O)CC(C)C.CC(=O)CC(C)C.CC(=O)CC(C)C.CC(=O)CC(C)C.CC(=O)CC(C)C.CC(=O)CC(C)C.CC(C)CC(C)(C)C.CC(C)CC(N)=O.CC(C)CCc1ccccc1.CCCC(C)C.CCCOC(=O)CC(C)C. The highest BCUT2D eigenvalue weighted by Crippen LogP contribution is 2.23. The fourth-order valence-electron chi connectivity index (χ4n) is 9.62. The van der Waals surface area contributed by atoms with Crippen molar-refractivity contribution in [2.45, 2.75) is 472 Å². The van der Waals surface area contributed by atoms with Gasteiger partial charge in [-0.3, -0.25) is 24.0 Å². The van der Waals surface area contributed by atoms with Gasteiger partial charge in [-0.15, -0.1) is 31.9 Å². The van der Waals surface area contributed by atoms with Crippen molar-refractivity contribution in [3.05, 3.63) is 73.9 Å². The van der Waals surface area contributed by atoms with E-state index < -0.39 is 0 Å². The second kappa shape index (κ2) is 133. The van der Waals surface area contributed by atoms with E-state index in [0.717, 1.165) is 81.5 Å². The third kappa shape index (κ3) is 296. The number of aryl methyl sites for hydroxylation is 1. The van der Waals surface area contributed by atoms with Gasteiger partial charge in [0.05, 0.1) is 6.61 Å². The number of allylic oxidation sites excluding steroid dienone is 1. The molecule has 0 saturated heterocycles. The molecule has 1 rings (SSSR count). The van der Waals surface area contributed by atoms with E-state index in [9.17, 15) is 52.7 Å². The first-order valence-electron chi connectivity index (χ1n) is 47.3. The lowest BCUT2D eigenvalue weighted by molar-refractivity contribution is -0.145. The number of ketones is 6. The van der Waals surface area contributed by atoms with E-state index >= 15 is 0 Å². The molecule has 3 N–H and O–H groups in total. The number of hydrogen-bond acceptors (Lipinski definition) is 14. The van der Waals surface area contributed by atoms with E-state index in [0.29, 0.717) is 128 Å². The number of rotatable bonds is 38. The zero-order chi connectivity index (χ0) is 103. The summed E-state index contributed by atoms with van der Waals surface area (Å²) in [6.45, 7) is 99.4. The Bertz CT molecular complexity index is 2530. The largest absolute Gasteiger partial charge is 0.466 e. The lowest BCUT2D eigenvalue weighted by Gasteiger charge is -2.19. The van der Waals surface area contributed by atoms with Gasteiger partial charge < -0.3 is 54.0 Å². The Labute approximate surface area is 834 Å². The molecule has 0 radical (unpaired) electrons. The van der Waals surface area contributed by atoms with E-state index in [1.165, 1.54) is 37.7 Å². The van der Waals surface area contributed by atoms with Gasteiger partial charge in [0.25, 0.3) is 0 Å². The number of esters is 3. The standard InChI is InChI=1S/C11H16.C8H15NO.C8H16O2.C8H14O2.C8H12O2.C8H18.6C6H12O.C6H14.C6H12.C6H10.C5H11NO.7CH4/c1-10(2)8-9-11-6-4-3-5-7-11;1-4-5-9-8(10)6-7(2)3;3*1-4-5-10-8(9)6-7(2)3;1-7(2)6-8(3,4)5;6*1-5(2)4-6(3)7;3*1-4-5-6(2)3;1-4(2)3-5(6)7;;;;;;;/h3-7,10H,8-9H2,1-2H3;4,7H,1,5-6H2,2-3H3,(H,9,10);7H,4-6H2,1-3H3;4,7H,1,5-6H2,2-3H3;1,7H,5-6H2,2-3H3;7H,6H2,1-5H3;6*5H,4H2,1-3H3;6H,4-5H2,1-3H3;4,6H,1,5H2,2-3H3;1,6H,5H2,2-3H3;4H,3H2,1-2H3,(H2,6,7);7*1H4. The second-order valence-electron chi connectivity index (χ2n) is 39.9. The number of benzene rings is 1. The van der Waals surface area contributed by atoms with Crippen LogP contribution in [0.15, 0.2) is 68.3 Å². The summed E-state index contributed by atoms with van der Waals surface area (Å²) in [7, 11) is 0. The molecule has 1 aromatic carbocycles. The number of amides is 2. The summed E-state index contributed by atoms with van der Waals surface area (Å²) in [5, 5.41) is 2.71. The highest BCUT2D eigenvalue weighted by atomic mass is 16.5. The summed E-state index contributed by atoms with van der Waals surface area (Å²) in [4.78, 5) is 115. The Morgan fingerprint density at radius 1 is 0.361 bits per heavy atom. The maximum absolute atomic E-state index is 10.9. The van der Waals surface area contributed by atoms with Crippen LogP contribution in [0.1, 0.15) is 471 Å². The van der Waals surface area contributed by atoms with Crippen LogP contribution in [-0.2, 0) is 73.4 Å². The van der Waals surface area contributed by atoms with Crippen LogP contribution in [0.2, 0.25) is 0 Å². The van der Waals surface area contributed by atoms with Gasteiger partial charge in [-0.2, -0.15) is 0 Å². The molecular formula is C117H238N2O14. The zero-order valence-corrected chi connectivity index (χ0v) is 90.7. The van der Waals surface area contributed by atoms with Gasteiger partial charge in [-0.25, -0.2) is 0 Å². The molecule has 0 aromatic heterocycles. The lowest BCUT2D eigenvalue weighted by Crippen LogP contribution is -2.24. The number of hydrogen-bond donors (Lipinski definition) is 2. The van der Waals surface area contributed by atoms with E-state index in [1.807, 2.05) is 165 Å². The number of terminal acetylenes is 2. The van der Waals surface area contributed by atoms with Crippen LogP contribution >= 0.6 is 0 Å². The third-order valence-corrected chi connectivity index (χ3v) is 13.6. The Morgan fingerprint density at radius 3 is 0.805 bits per heavy atom. The fraction of sp³-hybridized carbons (Fsp3) is 0.769. The van der Waals surface area contributed by atoms with Crippen molar-refractivity contribution in [3.63, 3.8) is 0 Å². The number of primary amides is 1. The monoisotopic (exact) mass is 1900 g/mol. The molecular weight excluding hydrogens is 1660 g/mol. The molecule has 0 aliphatic rings. The van der Waals surface area contributed by atoms with Gasteiger partial charge >= 0.3 is 17.9 Å². The minimum absolute atomic E-state index is 0. The van der Waals surface area contributed by atoms with E-state index in [-0.39, 0.29) is 123 Å². The molecule has 0 atom stereocenters. The molecule has 133 heavy (non-hydrogen) atoms. The highest BCUT2D eigenvalue weighted by molar-refractivity contribution is 5.78. The number of nitrogens with two attached hydrogens (primary N) is 1. The highest BCUT2D eigenvalue weighted by Gasteiger charge is 2.12. The Morgan fingerprint density at radius 2 is 0.654 bits per heavy atom. The van der Waals surface area contributed by atoms with E-state index in [2.05, 4.69) is 169 Å². The van der Waals surface area contributed by atoms with Gasteiger partial charge in [-0.1, -0.05) is 382 Å². The van der Waals surface area contributed by atoms with Gasteiger partial charge in [-0.05, 0) is 179 Å². The molecule has 0 spiro atoms. The van der Waals surface area contributed by atoms with Crippen LogP contribution in [0, 0.1) is 125 Å². The van der Waals surface area contributed by atoms with Gasteiger partial charge in [0, 0.05) is 83.6 Å². The number of nitrogens with one attached hydrogen (secondary N) is 1. The van der Waals surface area contributed by atoms with Gasteiger partial charge in [0.2, 0.25) is 11.8 Å². The molecule has 800 valence electrons. The molecule has 16 nitrogen and oxygen atoms in total. The van der Waals surface area contributed by atoms with Crippen LogP contribution in [-0.4, -0.2) is 90.8 Å². The summed E-state index contributed by atoms with van der Waals surface area (Å²) in [5.41, 5.74) is 6.84. The van der Waals surface area contributed by atoms with E-state index in [4.69, 9.17) is 28.1 Å². The zero-order valence-electron chi connectivity index (χ0n) is 90.7. The Balaban J connectivity index is -0.0000000494. The maximum Gasteiger partial charge on any atom is 0.307 e. The minimum Gasteiger partial charge on any atom is -0.466 e. The van der Waals surface area contributed by atoms with Crippen LogP contribution in [0.5, 0.6) is 0 Å². The van der Waals surface area contributed by atoms with Crippen LogP contribution in [0.3, 0.4) is 0 Å². The van der Waals surface area contributed by atoms with Crippen molar-refractivity contribution in [2.75, 3.05) is 26.4 Å². The van der Waals surface area contributed by atoms with Crippen molar-refractivity contribution >= 4 is 64.4 Å². The van der Waals surface area contributed by atoms with Crippen molar-refractivity contribution in [3.8, 4) is 24.7 Å². The average molecular weight is 1900 g/mol. The molecule has 0 unspecified atom stereocenters. The third-order valence-electron chi connectivity index (χ3n) is 13.6. The van der Waals surface area contributed by atoms with Gasteiger partial charge in [0.15, 0.2) is 6.61 Å².